The Kier molecular flexibility index (Phi) is 3.64. The number of halogens is 3. The van der Waals surface area contributed by atoms with E-state index < -0.39 is 18.0 Å². The zero-order chi connectivity index (χ0) is 14.0. The van der Waals surface area contributed by atoms with E-state index in [9.17, 15) is 23.2 Å². The molecule has 1 aliphatic heterocycles. The molecule has 0 bridgehead atoms. The average molecular weight is 274 g/mol. The van der Waals surface area contributed by atoms with Crippen molar-refractivity contribution in [3.05, 3.63) is 35.3 Å². The van der Waals surface area contributed by atoms with Crippen molar-refractivity contribution in [2.75, 3.05) is 13.1 Å². The first-order valence-electron chi connectivity index (χ1n) is 5.94. The lowest BCUT2D eigenvalue weighted by atomic mass is 9.97. The number of carbonyl (C=O) groups is 1. The molecule has 2 rings (SSSR count). The molecule has 1 aromatic heterocycles. The van der Waals surface area contributed by atoms with Gasteiger partial charge in [-0.05, 0) is 18.9 Å². The minimum absolute atomic E-state index is 0.0272. The van der Waals surface area contributed by atoms with Crippen LogP contribution in [0.2, 0.25) is 0 Å². The quantitative estimate of drug-likeness (QED) is 0.578. The van der Waals surface area contributed by atoms with Gasteiger partial charge in [-0.3, -0.25) is 4.79 Å². The second kappa shape index (κ2) is 5.07. The van der Waals surface area contributed by atoms with Crippen molar-refractivity contribution < 1.29 is 22.7 Å². The van der Waals surface area contributed by atoms with Crippen LogP contribution in [0.3, 0.4) is 0 Å². The van der Waals surface area contributed by atoms with Crippen LogP contribution < -0.4 is 4.73 Å². The molecule has 4 nitrogen and oxygen atoms in total. The van der Waals surface area contributed by atoms with Gasteiger partial charge in [0, 0.05) is 25.2 Å². The predicted octanol–water partition coefficient (Wildman–Crippen LogP) is 1.73. The maximum absolute atomic E-state index is 12.7. The minimum atomic E-state index is -4.30. The summed E-state index contributed by atoms with van der Waals surface area (Å²) in [6.07, 6.45) is -2.83. The Morgan fingerprint density at radius 3 is 2.79 bits per heavy atom. The predicted molar refractivity (Wildman–Crippen MR) is 60.1 cm³/mol. The number of carbonyl (C=O) groups excluding carboxylic acids is 1. The molecule has 1 amide bonds. The van der Waals surface area contributed by atoms with Crippen LogP contribution in [0.15, 0.2) is 24.4 Å². The molecular weight excluding hydrogens is 261 g/mol. The van der Waals surface area contributed by atoms with Gasteiger partial charge in [-0.25, -0.2) is 0 Å². The monoisotopic (exact) mass is 274 g/mol. The summed E-state index contributed by atoms with van der Waals surface area (Å²) in [6.45, 7) is -0.127. The topological polar surface area (TPSA) is 47.2 Å². The van der Waals surface area contributed by atoms with Gasteiger partial charge in [0.05, 0.1) is 5.92 Å². The fourth-order valence-electron chi connectivity index (χ4n) is 2.18. The van der Waals surface area contributed by atoms with Gasteiger partial charge in [-0.15, -0.1) is 0 Å². The molecule has 1 fully saturated rings. The van der Waals surface area contributed by atoms with Crippen LogP contribution in [0.4, 0.5) is 13.2 Å². The van der Waals surface area contributed by atoms with Crippen LogP contribution in [-0.2, 0) is 0 Å². The van der Waals surface area contributed by atoms with Gasteiger partial charge in [0.15, 0.2) is 6.20 Å². The maximum Gasteiger partial charge on any atom is 0.393 e. The highest BCUT2D eigenvalue weighted by Crippen LogP contribution is 2.33. The number of pyridine rings is 1. The van der Waals surface area contributed by atoms with E-state index in [4.69, 9.17) is 0 Å². The number of amides is 1. The molecule has 0 radical (unpaired) electrons. The lowest BCUT2D eigenvalue weighted by Crippen LogP contribution is -2.48. The van der Waals surface area contributed by atoms with Crippen molar-refractivity contribution in [2.24, 2.45) is 5.92 Å². The van der Waals surface area contributed by atoms with Gasteiger partial charge < -0.3 is 10.1 Å². The first-order valence-corrected chi connectivity index (χ1v) is 5.94. The van der Waals surface area contributed by atoms with Crippen LogP contribution in [0.5, 0.6) is 0 Å². The SMILES string of the molecule is O=C(c1cccc[n+]1[O-])N1CCCC(C(F)(F)F)C1. The summed E-state index contributed by atoms with van der Waals surface area (Å²) in [4.78, 5) is 13.1. The van der Waals surface area contributed by atoms with Crippen molar-refractivity contribution in [3.8, 4) is 0 Å². The number of aromatic nitrogens is 1. The maximum atomic E-state index is 12.7. The summed E-state index contributed by atoms with van der Waals surface area (Å²) in [6, 6.07) is 4.28. The van der Waals surface area contributed by atoms with Crippen LogP contribution in [0.1, 0.15) is 23.3 Å². The van der Waals surface area contributed by atoms with Crippen LogP contribution >= 0.6 is 0 Å². The highest BCUT2D eigenvalue weighted by Gasteiger charge is 2.43. The van der Waals surface area contributed by atoms with Gasteiger partial charge in [-0.2, -0.15) is 17.9 Å². The summed E-state index contributed by atoms with van der Waals surface area (Å²) >= 11 is 0. The van der Waals surface area contributed by atoms with Crippen LogP contribution in [-0.4, -0.2) is 30.1 Å². The number of piperidine rings is 1. The molecule has 0 spiro atoms. The Hall–Kier alpha value is -1.79. The Morgan fingerprint density at radius 1 is 1.42 bits per heavy atom. The summed E-state index contributed by atoms with van der Waals surface area (Å²) < 4.78 is 38.3. The zero-order valence-electron chi connectivity index (χ0n) is 10.1. The van der Waals surface area contributed by atoms with E-state index in [0.717, 1.165) is 11.1 Å². The first-order chi connectivity index (χ1) is 8.89. The molecule has 7 heteroatoms. The fourth-order valence-corrected chi connectivity index (χ4v) is 2.18. The molecule has 0 aromatic carbocycles. The molecule has 1 atom stereocenters. The van der Waals surface area contributed by atoms with E-state index in [-0.39, 0.29) is 25.2 Å². The molecule has 1 aromatic rings. The smallest absolute Gasteiger partial charge is 0.393 e. The number of hydrogen-bond acceptors (Lipinski definition) is 2. The van der Waals surface area contributed by atoms with E-state index in [1.54, 1.807) is 0 Å². The average Bonchev–Trinajstić information content (AvgIpc) is 2.38. The molecular formula is C12H13F3N2O2. The molecule has 0 aliphatic carbocycles. The summed E-state index contributed by atoms with van der Waals surface area (Å²) in [7, 11) is 0. The highest BCUT2D eigenvalue weighted by atomic mass is 19.4. The van der Waals surface area contributed by atoms with Crippen molar-refractivity contribution in [1.82, 2.24) is 4.90 Å². The van der Waals surface area contributed by atoms with E-state index in [2.05, 4.69) is 0 Å². The molecule has 0 saturated carbocycles. The zero-order valence-corrected chi connectivity index (χ0v) is 10.1. The number of rotatable bonds is 1. The molecule has 1 unspecified atom stereocenters. The Morgan fingerprint density at radius 2 is 2.16 bits per heavy atom. The second-order valence-electron chi connectivity index (χ2n) is 4.54. The standard InChI is InChI=1S/C12H13F3N2O2/c13-12(14,15)9-4-3-6-16(8-9)11(18)10-5-1-2-7-17(10)19/h1-2,5,7,9H,3-4,6,8H2. The number of likely N-dealkylation sites (tertiary alicyclic amines) is 1. The molecule has 1 saturated heterocycles. The summed E-state index contributed by atoms with van der Waals surface area (Å²) in [5, 5.41) is 11.4. The lowest BCUT2D eigenvalue weighted by molar-refractivity contribution is -0.608. The minimum Gasteiger partial charge on any atom is -0.618 e. The third kappa shape index (κ3) is 2.97. The summed E-state index contributed by atoms with van der Waals surface area (Å²) in [5.41, 5.74) is -0.148. The van der Waals surface area contributed by atoms with Gasteiger partial charge in [-0.1, -0.05) is 0 Å². The van der Waals surface area contributed by atoms with Gasteiger partial charge >= 0.3 is 12.1 Å². The van der Waals surface area contributed by atoms with Gasteiger partial charge in [0.25, 0.3) is 5.69 Å². The number of nitrogens with zero attached hydrogens (tertiary/aromatic N) is 2. The van der Waals surface area contributed by atoms with Crippen LogP contribution in [0.25, 0.3) is 0 Å². The van der Waals surface area contributed by atoms with Gasteiger partial charge in [0.2, 0.25) is 0 Å². The molecule has 19 heavy (non-hydrogen) atoms. The van der Waals surface area contributed by atoms with E-state index in [1.807, 2.05) is 0 Å². The highest BCUT2D eigenvalue weighted by molar-refractivity contribution is 5.91. The molecule has 2 heterocycles. The van der Waals surface area contributed by atoms with E-state index >= 15 is 0 Å². The fraction of sp³-hybridized carbons (Fsp3) is 0.500. The van der Waals surface area contributed by atoms with Crippen molar-refractivity contribution in [1.29, 1.82) is 0 Å². The normalized spacial score (nSPS) is 20.4. The third-order valence-electron chi connectivity index (χ3n) is 3.21. The molecule has 104 valence electrons. The largest absolute Gasteiger partial charge is 0.618 e. The molecule has 1 aliphatic rings. The Labute approximate surface area is 108 Å². The molecule has 0 N–H and O–H groups in total. The lowest BCUT2D eigenvalue weighted by Gasteiger charge is -2.33. The Balaban J connectivity index is 2.14. The van der Waals surface area contributed by atoms with Gasteiger partial charge in [0.1, 0.15) is 0 Å². The van der Waals surface area contributed by atoms with Crippen molar-refractivity contribution >= 4 is 5.91 Å². The van der Waals surface area contributed by atoms with Crippen LogP contribution in [0, 0.1) is 11.1 Å². The third-order valence-corrected chi connectivity index (χ3v) is 3.21. The van der Waals surface area contributed by atoms with E-state index in [0.29, 0.717) is 11.2 Å². The first kappa shape index (κ1) is 13.6. The summed E-state index contributed by atoms with van der Waals surface area (Å²) in [5.74, 6) is -2.15. The Bertz CT molecular complexity index is 476. The van der Waals surface area contributed by atoms with Crippen molar-refractivity contribution in [3.63, 3.8) is 0 Å². The van der Waals surface area contributed by atoms with E-state index in [1.165, 1.54) is 18.2 Å². The second-order valence-corrected chi connectivity index (χ2v) is 4.54. The van der Waals surface area contributed by atoms with Crippen molar-refractivity contribution in [2.45, 2.75) is 19.0 Å². The number of alkyl halides is 3. The number of hydrogen-bond donors (Lipinski definition) is 0.